The zero-order valence-corrected chi connectivity index (χ0v) is 44.9. The van der Waals surface area contributed by atoms with Crippen molar-refractivity contribution in [3.8, 4) is 0 Å². The lowest BCUT2D eigenvalue weighted by molar-refractivity contribution is 0.0641. The van der Waals surface area contributed by atoms with Crippen molar-refractivity contribution in [3.05, 3.63) is 97.1 Å². The highest BCUT2D eigenvalue weighted by Crippen LogP contribution is 2.47. The second kappa shape index (κ2) is 24.5. The second-order valence-corrected chi connectivity index (χ2v) is 25.8. The molecule has 10 nitrogen and oxygen atoms in total. The molecule has 2 aliphatic carbocycles. The third-order valence-corrected chi connectivity index (χ3v) is 16.4. The fourth-order valence-electron chi connectivity index (χ4n) is 10.0. The predicted octanol–water partition coefficient (Wildman–Crippen LogP) is 14.3. The van der Waals surface area contributed by atoms with Crippen molar-refractivity contribution in [2.75, 3.05) is 26.3 Å². The van der Waals surface area contributed by atoms with Crippen LogP contribution in [0.2, 0.25) is 0 Å². The molecular weight excluding hydrogens is 969 g/mol. The van der Waals surface area contributed by atoms with Gasteiger partial charge in [0.05, 0.1) is 13.2 Å². The van der Waals surface area contributed by atoms with Gasteiger partial charge in [0.25, 0.3) is 10.5 Å². The van der Waals surface area contributed by atoms with Crippen LogP contribution in [0.3, 0.4) is 0 Å². The van der Waals surface area contributed by atoms with Crippen LogP contribution >= 0.6 is 72.3 Å². The number of thioether (sulfide) groups is 2. The van der Waals surface area contributed by atoms with Gasteiger partial charge in [0.1, 0.15) is 0 Å². The lowest BCUT2D eigenvalue weighted by Gasteiger charge is -2.46. The topological polar surface area (TPSA) is 135 Å². The average molecular weight is 1040 g/mol. The van der Waals surface area contributed by atoms with Gasteiger partial charge in [-0.2, -0.15) is 0 Å². The predicted molar refractivity (Wildman–Crippen MR) is 284 cm³/mol. The molecule has 366 valence electrons. The summed E-state index contributed by atoms with van der Waals surface area (Å²) < 4.78 is 11.1. The fraction of sp³-hybridized carbons (Fsp3) is 0.462. The van der Waals surface area contributed by atoms with Gasteiger partial charge in [-0.15, -0.1) is 25.3 Å². The monoisotopic (exact) mass is 1030 g/mol. The number of alkyl carbamates (subject to hydrolysis) is 2. The number of ether oxygens (including phenoxy) is 2. The molecule has 0 aliphatic heterocycles. The summed E-state index contributed by atoms with van der Waals surface area (Å²) >= 11 is 14.4. The Morgan fingerprint density at radius 3 is 1.15 bits per heavy atom. The summed E-state index contributed by atoms with van der Waals surface area (Å²) in [5.41, 5.74) is -0.520. The zero-order chi connectivity index (χ0) is 49.0. The Labute approximate surface area is 431 Å². The number of hydrogen-bond acceptors (Lipinski definition) is 12. The number of carbonyl (C=O) groups is 4. The van der Waals surface area contributed by atoms with Crippen LogP contribution in [0.15, 0.2) is 136 Å². The van der Waals surface area contributed by atoms with Gasteiger partial charge in [0, 0.05) is 64.3 Å². The van der Waals surface area contributed by atoms with Gasteiger partial charge in [-0.3, -0.25) is 9.59 Å². The molecule has 6 rings (SSSR count). The van der Waals surface area contributed by atoms with E-state index >= 15 is 0 Å². The Morgan fingerprint density at radius 2 is 0.809 bits per heavy atom. The van der Waals surface area contributed by atoms with E-state index in [9.17, 15) is 19.2 Å². The van der Waals surface area contributed by atoms with Crippen LogP contribution in [0, 0.1) is 21.7 Å². The molecule has 0 saturated heterocycles. The molecule has 4 amide bonds. The summed E-state index contributed by atoms with van der Waals surface area (Å²) in [6.45, 7) is 14.5. The molecule has 4 aromatic rings. The molecule has 0 spiro atoms. The van der Waals surface area contributed by atoms with Crippen molar-refractivity contribution in [2.24, 2.45) is 21.7 Å². The fourth-order valence-corrected chi connectivity index (χ4v) is 13.2. The van der Waals surface area contributed by atoms with Crippen LogP contribution in [-0.2, 0) is 9.47 Å². The number of carbonyl (C=O) groups excluding carboxylic acids is 4. The van der Waals surface area contributed by atoms with E-state index in [1.165, 1.54) is 23.5 Å². The van der Waals surface area contributed by atoms with Crippen molar-refractivity contribution in [3.63, 3.8) is 0 Å². The molecule has 4 aromatic carbocycles. The second-order valence-electron chi connectivity index (χ2n) is 20.4. The maximum absolute atomic E-state index is 13.0. The molecule has 0 heterocycles. The first-order valence-corrected chi connectivity index (χ1v) is 27.3. The maximum Gasteiger partial charge on any atom is 0.407 e. The molecule has 2 aliphatic rings. The third kappa shape index (κ3) is 18.3. The van der Waals surface area contributed by atoms with E-state index in [2.05, 4.69) is 88.1 Å². The Hall–Kier alpha value is -3.54. The molecule has 68 heavy (non-hydrogen) atoms. The van der Waals surface area contributed by atoms with E-state index in [1.54, 1.807) is 23.5 Å². The minimum Gasteiger partial charge on any atom is -0.450 e. The van der Waals surface area contributed by atoms with Crippen LogP contribution in [0.25, 0.3) is 0 Å². The first-order valence-electron chi connectivity index (χ1n) is 23.1. The molecule has 2 saturated carbocycles. The number of thiol groups is 2. The molecule has 4 N–H and O–H groups in total. The Kier molecular flexibility index (Phi) is 19.4. The van der Waals surface area contributed by atoms with Crippen molar-refractivity contribution < 1.29 is 28.7 Å². The number of nitrogens with one attached hydrogen (secondary N) is 4. The molecule has 16 heteroatoms. The van der Waals surface area contributed by atoms with Crippen LogP contribution < -0.4 is 21.3 Å². The summed E-state index contributed by atoms with van der Waals surface area (Å²) in [7, 11) is 0. The van der Waals surface area contributed by atoms with E-state index in [0.717, 1.165) is 64.8 Å². The summed E-state index contributed by atoms with van der Waals surface area (Å²) in [5.74, 6) is 0. The lowest BCUT2D eigenvalue weighted by Crippen LogP contribution is -2.50. The lowest BCUT2D eigenvalue weighted by atomic mass is 9.62. The highest BCUT2D eigenvalue weighted by molar-refractivity contribution is 8.13. The van der Waals surface area contributed by atoms with Crippen LogP contribution in [0.5, 0.6) is 0 Å². The summed E-state index contributed by atoms with van der Waals surface area (Å²) in [5, 5.41) is 12.2. The van der Waals surface area contributed by atoms with E-state index < -0.39 is 12.2 Å². The van der Waals surface area contributed by atoms with Crippen LogP contribution in [0.4, 0.5) is 19.2 Å². The highest BCUT2D eigenvalue weighted by Gasteiger charge is 2.43. The van der Waals surface area contributed by atoms with Gasteiger partial charge >= 0.3 is 12.2 Å². The van der Waals surface area contributed by atoms with Crippen molar-refractivity contribution in [1.82, 2.24) is 21.3 Å². The molecular formula is C52H66N4O6S6. The molecule has 0 aromatic heterocycles. The van der Waals surface area contributed by atoms with E-state index in [-0.39, 0.29) is 57.4 Å². The normalized spacial score (nSPS) is 21.8. The molecule has 0 bridgehead atoms. The standard InChI is InChI=1S/C52H66N4O6S6/c1-49(2)27-35(29-51(5,31-49)33-53-47(59)67-43-21-17-41(18-22-43)65-39-13-9-37(63)10-14-39)55-45(57)61-25-7-8-26-62-46(58)56-36-28-50(3,4)32-52(6,30-36)34-54-48(60)68-44-23-19-42(20-24-44)66-40-15-11-38(64)12-16-40/h9-24,35-36,63-64H,7-8,25-34H2,1-6H3,(H,53,59)(H,54,60)(H,55,57)(H,56,58). The smallest absolute Gasteiger partial charge is 0.407 e. The summed E-state index contributed by atoms with van der Waals surface area (Å²) in [6, 6.07) is 31.8. The first-order chi connectivity index (χ1) is 32.2. The minimum atomic E-state index is -0.466. The highest BCUT2D eigenvalue weighted by atomic mass is 32.2. The Bertz CT molecular complexity index is 2150. The average Bonchev–Trinajstić information content (AvgIpc) is 3.25. The van der Waals surface area contributed by atoms with Gasteiger partial charge in [-0.25, -0.2) is 9.59 Å². The van der Waals surface area contributed by atoms with Gasteiger partial charge < -0.3 is 30.7 Å². The van der Waals surface area contributed by atoms with Crippen molar-refractivity contribution in [1.29, 1.82) is 0 Å². The van der Waals surface area contributed by atoms with Crippen LogP contribution in [0.1, 0.15) is 92.9 Å². The molecule has 2 fully saturated rings. The molecule has 4 atom stereocenters. The van der Waals surface area contributed by atoms with E-state index in [4.69, 9.17) is 9.47 Å². The molecule has 4 unspecified atom stereocenters. The number of rotatable bonds is 17. The zero-order valence-electron chi connectivity index (χ0n) is 39.9. The van der Waals surface area contributed by atoms with Crippen molar-refractivity contribution in [2.45, 2.75) is 144 Å². The summed E-state index contributed by atoms with van der Waals surface area (Å²) in [4.78, 5) is 59.9. The Balaban J connectivity index is 0.844. The van der Waals surface area contributed by atoms with E-state index in [0.29, 0.717) is 38.8 Å². The number of benzene rings is 4. The third-order valence-electron chi connectivity index (χ3n) is 12.1. The van der Waals surface area contributed by atoms with Crippen LogP contribution in [-0.4, -0.2) is 61.1 Å². The molecule has 0 radical (unpaired) electrons. The number of hydrogen-bond donors (Lipinski definition) is 6. The van der Waals surface area contributed by atoms with Crippen molar-refractivity contribution >= 4 is 95.0 Å². The largest absolute Gasteiger partial charge is 0.450 e. The number of amides is 4. The maximum atomic E-state index is 13.0. The SMILES string of the molecule is CC1(C)CC(NC(=O)OCCCCOC(=O)NC2CC(C)(C)CC(C)(CNC(=O)Sc3ccc(Sc4ccc(S)cc4)cc3)C2)CC(C)(CNC(=O)Sc2ccc(Sc3ccc(S)cc3)cc2)C1. The van der Waals surface area contributed by atoms with Gasteiger partial charge in [0.15, 0.2) is 0 Å². The van der Waals surface area contributed by atoms with Gasteiger partial charge in [-0.05, 0) is 194 Å². The van der Waals surface area contributed by atoms with E-state index in [1.807, 2.05) is 97.1 Å². The number of unbranched alkanes of at least 4 members (excludes halogenated alkanes) is 1. The van der Waals surface area contributed by atoms with Gasteiger partial charge in [0.2, 0.25) is 0 Å². The minimum absolute atomic E-state index is 0.0443. The summed E-state index contributed by atoms with van der Waals surface area (Å²) in [6.07, 6.45) is 5.02. The first kappa shape index (κ1) is 53.8. The Morgan fingerprint density at radius 1 is 0.500 bits per heavy atom. The quantitative estimate of drug-likeness (QED) is 0.0345. The van der Waals surface area contributed by atoms with Gasteiger partial charge in [-0.1, -0.05) is 65.1 Å².